The molecule has 1 fully saturated rings. The van der Waals surface area contributed by atoms with Gasteiger partial charge in [-0.15, -0.1) is 0 Å². The Hall–Kier alpha value is -2.17. The third kappa shape index (κ3) is 2.35. The molecule has 0 bridgehead atoms. The van der Waals surface area contributed by atoms with Gasteiger partial charge in [0.25, 0.3) is 0 Å². The summed E-state index contributed by atoms with van der Waals surface area (Å²) in [6, 6.07) is 7.82. The highest BCUT2D eigenvalue weighted by Crippen LogP contribution is 2.50. The van der Waals surface area contributed by atoms with Crippen molar-refractivity contribution < 1.29 is 9.90 Å². The zero-order chi connectivity index (χ0) is 16.8. The van der Waals surface area contributed by atoms with Crippen molar-refractivity contribution in [2.75, 3.05) is 12.3 Å². The normalized spacial score (nSPS) is 22.5. The first kappa shape index (κ1) is 15.7. The van der Waals surface area contributed by atoms with E-state index < -0.39 is 11.6 Å². The number of piperidine rings is 1. The number of nitrogens with zero attached hydrogens (tertiary/aromatic N) is 1. The number of nitrogens with two attached hydrogens (primary N) is 1. The molecule has 0 spiro atoms. The van der Waals surface area contributed by atoms with Gasteiger partial charge in [-0.1, -0.05) is 20.8 Å². The van der Waals surface area contributed by atoms with E-state index in [0.717, 1.165) is 35.9 Å². The second-order valence-electron chi connectivity index (χ2n) is 7.53. The van der Waals surface area contributed by atoms with E-state index in [9.17, 15) is 9.90 Å². The largest absolute Gasteiger partial charge is 0.465 e. The Morgan fingerprint density at radius 2 is 2.04 bits per heavy atom. The second kappa shape index (κ2) is 5.18. The van der Waals surface area contributed by atoms with Crippen molar-refractivity contribution in [3.8, 4) is 0 Å². The van der Waals surface area contributed by atoms with Crippen LogP contribution in [0.5, 0.6) is 0 Å². The summed E-state index contributed by atoms with van der Waals surface area (Å²) in [7, 11) is 0. The van der Waals surface area contributed by atoms with E-state index in [2.05, 4.69) is 31.8 Å². The SMILES string of the molecule is CC(C)(C)C1(c2cc3cc(N)ccc3[nH]2)CCCCN1C(=O)O. The van der Waals surface area contributed by atoms with Crippen LogP contribution in [0.1, 0.15) is 45.7 Å². The van der Waals surface area contributed by atoms with Crippen LogP contribution in [0.25, 0.3) is 10.9 Å². The molecule has 1 aliphatic rings. The van der Waals surface area contributed by atoms with E-state index in [1.807, 2.05) is 18.2 Å². The molecule has 1 saturated heterocycles. The summed E-state index contributed by atoms with van der Waals surface area (Å²) in [5.41, 5.74) is 7.79. The van der Waals surface area contributed by atoms with Gasteiger partial charge in [-0.2, -0.15) is 0 Å². The lowest BCUT2D eigenvalue weighted by Gasteiger charge is -2.53. The number of rotatable bonds is 1. The fourth-order valence-corrected chi connectivity index (χ4v) is 4.07. The summed E-state index contributed by atoms with van der Waals surface area (Å²) in [6.07, 6.45) is 1.92. The molecular weight excluding hydrogens is 290 g/mol. The molecule has 5 heteroatoms. The molecule has 23 heavy (non-hydrogen) atoms. The lowest BCUT2D eigenvalue weighted by Crippen LogP contribution is -2.59. The molecular formula is C18H25N3O2. The van der Waals surface area contributed by atoms with Gasteiger partial charge in [0, 0.05) is 28.8 Å². The number of nitrogens with one attached hydrogen (secondary N) is 1. The maximum atomic E-state index is 12.0. The molecule has 3 rings (SSSR count). The van der Waals surface area contributed by atoms with Crippen LogP contribution in [0.3, 0.4) is 0 Å². The number of aromatic nitrogens is 1. The molecule has 124 valence electrons. The molecule has 0 saturated carbocycles. The summed E-state index contributed by atoms with van der Waals surface area (Å²) in [6.45, 7) is 6.93. The number of likely N-dealkylation sites (tertiary alicyclic amines) is 1. The number of amides is 1. The number of aromatic amines is 1. The van der Waals surface area contributed by atoms with Crippen LogP contribution >= 0.6 is 0 Å². The first-order valence-corrected chi connectivity index (χ1v) is 8.15. The Morgan fingerprint density at radius 3 is 2.70 bits per heavy atom. The number of nitrogen functional groups attached to an aromatic ring is 1. The second-order valence-corrected chi connectivity index (χ2v) is 7.53. The minimum absolute atomic E-state index is 0.224. The Morgan fingerprint density at radius 1 is 1.30 bits per heavy atom. The molecule has 0 radical (unpaired) electrons. The average Bonchev–Trinajstić information content (AvgIpc) is 2.89. The summed E-state index contributed by atoms with van der Waals surface area (Å²) < 4.78 is 0. The highest BCUT2D eigenvalue weighted by Gasteiger charge is 2.52. The van der Waals surface area contributed by atoms with Crippen molar-refractivity contribution in [2.24, 2.45) is 5.41 Å². The molecule has 1 atom stereocenters. The number of fused-ring (bicyclic) bond motifs is 1. The third-order valence-electron chi connectivity index (χ3n) is 5.19. The summed E-state index contributed by atoms with van der Waals surface area (Å²) >= 11 is 0. The fraction of sp³-hybridized carbons (Fsp3) is 0.500. The van der Waals surface area contributed by atoms with Gasteiger partial charge in [-0.25, -0.2) is 4.79 Å². The molecule has 5 nitrogen and oxygen atoms in total. The van der Waals surface area contributed by atoms with Gasteiger partial charge in [0.1, 0.15) is 0 Å². The van der Waals surface area contributed by atoms with Gasteiger partial charge >= 0.3 is 6.09 Å². The zero-order valence-corrected chi connectivity index (χ0v) is 14.0. The molecule has 4 N–H and O–H groups in total. The van der Waals surface area contributed by atoms with Gasteiger partial charge < -0.3 is 15.8 Å². The zero-order valence-electron chi connectivity index (χ0n) is 14.0. The Bertz CT molecular complexity index is 744. The van der Waals surface area contributed by atoms with E-state index in [1.165, 1.54) is 0 Å². The first-order chi connectivity index (χ1) is 10.8. The van der Waals surface area contributed by atoms with Crippen LogP contribution < -0.4 is 5.73 Å². The van der Waals surface area contributed by atoms with Crippen molar-refractivity contribution in [2.45, 2.75) is 45.6 Å². The van der Waals surface area contributed by atoms with Gasteiger partial charge in [0.2, 0.25) is 0 Å². The van der Waals surface area contributed by atoms with E-state index in [4.69, 9.17) is 5.73 Å². The fourth-order valence-electron chi connectivity index (χ4n) is 4.07. The maximum Gasteiger partial charge on any atom is 0.408 e. The Kier molecular flexibility index (Phi) is 3.54. The van der Waals surface area contributed by atoms with Gasteiger partial charge in [-0.3, -0.25) is 4.90 Å². The predicted octanol–water partition coefficient (Wildman–Crippen LogP) is 4.16. The lowest BCUT2D eigenvalue weighted by molar-refractivity contribution is -0.0317. The van der Waals surface area contributed by atoms with Crippen molar-refractivity contribution >= 4 is 22.7 Å². The number of hydrogen-bond acceptors (Lipinski definition) is 2. The number of carbonyl (C=O) groups is 1. The molecule has 1 aliphatic heterocycles. The van der Waals surface area contributed by atoms with Gasteiger partial charge in [0.05, 0.1) is 5.54 Å². The molecule has 2 heterocycles. The van der Waals surface area contributed by atoms with Crippen LogP contribution in [0.2, 0.25) is 0 Å². The maximum absolute atomic E-state index is 12.0. The monoisotopic (exact) mass is 315 g/mol. The molecule has 2 aromatic rings. The minimum atomic E-state index is -0.849. The minimum Gasteiger partial charge on any atom is -0.465 e. The van der Waals surface area contributed by atoms with Gasteiger partial charge in [-0.05, 0) is 48.9 Å². The molecule has 1 aromatic heterocycles. The Balaban J connectivity index is 2.23. The van der Waals surface area contributed by atoms with E-state index in [0.29, 0.717) is 12.2 Å². The average molecular weight is 315 g/mol. The summed E-state index contributed by atoms with van der Waals surface area (Å²) in [4.78, 5) is 17.0. The van der Waals surface area contributed by atoms with Crippen molar-refractivity contribution in [3.63, 3.8) is 0 Å². The molecule has 1 aromatic carbocycles. The quantitative estimate of drug-likeness (QED) is 0.691. The van der Waals surface area contributed by atoms with E-state index in [-0.39, 0.29) is 5.41 Å². The number of benzene rings is 1. The van der Waals surface area contributed by atoms with Crippen LogP contribution in [0, 0.1) is 5.41 Å². The summed E-state index contributed by atoms with van der Waals surface area (Å²) in [5.74, 6) is 0. The standard InChI is InChI=1S/C18H25N3O2/c1-17(2,3)18(8-4-5-9-21(18)16(22)23)15-11-12-10-13(19)6-7-14(12)20-15/h6-7,10-11,20H,4-5,8-9,19H2,1-3H3,(H,22,23). The van der Waals surface area contributed by atoms with Crippen molar-refractivity contribution in [3.05, 3.63) is 30.0 Å². The predicted molar refractivity (Wildman–Crippen MR) is 92.4 cm³/mol. The smallest absolute Gasteiger partial charge is 0.408 e. The van der Waals surface area contributed by atoms with Crippen molar-refractivity contribution in [1.29, 1.82) is 0 Å². The molecule has 0 aliphatic carbocycles. The van der Waals surface area contributed by atoms with Gasteiger partial charge in [0.15, 0.2) is 0 Å². The van der Waals surface area contributed by atoms with E-state index >= 15 is 0 Å². The van der Waals surface area contributed by atoms with Crippen LogP contribution in [0.4, 0.5) is 10.5 Å². The molecule has 1 amide bonds. The Labute approximate surface area is 136 Å². The lowest BCUT2D eigenvalue weighted by atomic mass is 9.66. The van der Waals surface area contributed by atoms with E-state index in [1.54, 1.807) is 4.90 Å². The highest BCUT2D eigenvalue weighted by molar-refractivity contribution is 5.84. The summed E-state index contributed by atoms with van der Waals surface area (Å²) in [5, 5.41) is 10.8. The van der Waals surface area contributed by atoms with Crippen LogP contribution in [-0.2, 0) is 5.54 Å². The topological polar surface area (TPSA) is 82.4 Å². The van der Waals surface area contributed by atoms with Crippen LogP contribution in [-0.4, -0.2) is 27.6 Å². The van der Waals surface area contributed by atoms with Crippen LogP contribution in [0.15, 0.2) is 24.3 Å². The number of anilines is 1. The molecule has 1 unspecified atom stereocenters. The number of H-pyrrole nitrogens is 1. The number of carboxylic acid groups (broad SMARTS) is 1. The van der Waals surface area contributed by atoms with Crippen molar-refractivity contribution in [1.82, 2.24) is 9.88 Å². The highest BCUT2D eigenvalue weighted by atomic mass is 16.4. The first-order valence-electron chi connectivity index (χ1n) is 8.15. The third-order valence-corrected chi connectivity index (χ3v) is 5.19. The number of hydrogen-bond donors (Lipinski definition) is 3.